The SMILES string of the molecule is O=C(/C=C/c1ccc(O)cc1)OC1CC(C(=O)O)CC[C@H]1O. The molecular weight excluding hydrogens is 288 g/mol. The molecule has 6 nitrogen and oxygen atoms in total. The minimum atomic E-state index is -0.937. The third-order valence-electron chi connectivity index (χ3n) is 3.68. The van der Waals surface area contributed by atoms with Crippen molar-refractivity contribution in [3.8, 4) is 5.75 Å². The van der Waals surface area contributed by atoms with Crippen LogP contribution in [0.3, 0.4) is 0 Å². The van der Waals surface area contributed by atoms with Gasteiger partial charge in [-0.3, -0.25) is 4.79 Å². The van der Waals surface area contributed by atoms with Crippen LogP contribution in [-0.2, 0) is 14.3 Å². The summed E-state index contributed by atoms with van der Waals surface area (Å²) in [6.45, 7) is 0. The number of aliphatic hydroxyl groups excluding tert-OH is 1. The van der Waals surface area contributed by atoms with Crippen molar-refractivity contribution in [2.24, 2.45) is 5.92 Å². The number of aliphatic hydroxyl groups is 1. The number of carbonyl (C=O) groups is 2. The summed E-state index contributed by atoms with van der Waals surface area (Å²) in [6.07, 6.45) is 1.91. The zero-order chi connectivity index (χ0) is 16.1. The summed E-state index contributed by atoms with van der Waals surface area (Å²) in [6, 6.07) is 6.25. The standard InChI is InChI=1S/C16H18O6/c17-12-5-1-10(2-6-12)3-8-15(19)22-14-9-11(16(20)21)4-7-13(14)18/h1-3,5-6,8,11,13-14,17-18H,4,7,9H2,(H,20,21)/b8-3+/t11?,13-,14?/m1/s1. The Bertz CT molecular complexity index is 563. The molecule has 1 fully saturated rings. The molecule has 0 aliphatic heterocycles. The quantitative estimate of drug-likeness (QED) is 0.576. The number of hydrogen-bond donors (Lipinski definition) is 3. The number of rotatable bonds is 4. The van der Waals surface area contributed by atoms with Crippen molar-refractivity contribution >= 4 is 18.0 Å². The number of aliphatic carboxylic acids is 1. The van der Waals surface area contributed by atoms with Crippen molar-refractivity contribution in [2.75, 3.05) is 0 Å². The van der Waals surface area contributed by atoms with Gasteiger partial charge >= 0.3 is 11.9 Å². The first-order valence-electron chi connectivity index (χ1n) is 7.04. The van der Waals surface area contributed by atoms with Gasteiger partial charge in [0.15, 0.2) is 0 Å². The first-order valence-corrected chi connectivity index (χ1v) is 7.04. The van der Waals surface area contributed by atoms with E-state index in [2.05, 4.69) is 0 Å². The van der Waals surface area contributed by atoms with Gasteiger partial charge in [-0.05, 0) is 36.6 Å². The number of benzene rings is 1. The van der Waals surface area contributed by atoms with Crippen LogP contribution in [0.5, 0.6) is 5.75 Å². The fourth-order valence-corrected chi connectivity index (χ4v) is 2.40. The summed E-state index contributed by atoms with van der Waals surface area (Å²) < 4.78 is 5.14. The lowest BCUT2D eigenvalue weighted by Gasteiger charge is -2.30. The molecule has 0 aromatic heterocycles. The second kappa shape index (κ2) is 7.09. The molecule has 0 amide bonds. The molecule has 2 unspecified atom stereocenters. The Hall–Kier alpha value is -2.34. The van der Waals surface area contributed by atoms with Crippen LogP contribution in [0.4, 0.5) is 0 Å². The van der Waals surface area contributed by atoms with Crippen molar-refractivity contribution in [3.63, 3.8) is 0 Å². The van der Waals surface area contributed by atoms with E-state index in [-0.39, 0.29) is 12.2 Å². The summed E-state index contributed by atoms with van der Waals surface area (Å²) in [5.41, 5.74) is 0.711. The molecule has 0 bridgehead atoms. The number of aromatic hydroxyl groups is 1. The third-order valence-corrected chi connectivity index (χ3v) is 3.68. The molecular formula is C16H18O6. The topological polar surface area (TPSA) is 104 Å². The second-order valence-corrected chi connectivity index (χ2v) is 5.32. The van der Waals surface area contributed by atoms with E-state index in [9.17, 15) is 14.7 Å². The summed E-state index contributed by atoms with van der Waals surface area (Å²) in [4.78, 5) is 22.7. The molecule has 2 rings (SSSR count). The molecule has 1 aromatic rings. The molecule has 0 spiro atoms. The van der Waals surface area contributed by atoms with Crippen LogP contribution in [0.25, 0.3) is 6.08 Å². The molecule has 3 atom stereocenters. The van der Waals surface area contributed by atoms with Crippen molar-refractivity contribution in [2.45, 2.75) is 31.5 Å². The fraction of sp³-hybridized carbons (Fsp3) is 0.375. The Morgan fingerprint density at radius 3 is 2.50 bits per heavy atom. The largest absolute Gasteiger partial charge is 0.508 e. The summed E-state index contributed by atoms with van der Waals surface area (Å²) in [5, 5.41) is 28.0. The van der Waals surface area contributed by atoms with Crippen LogP contribution in [0.1, 0.15) is 24.8 Å². The van der Waals surface area contributed by atoms with E-state index >= 15 is 0 Å². The maximum Gasteiger partial charge on any atom is 0.331 e. The Labute approximate surface area is 127 Å². The Kier molecular flexibility index (Phi) is 5.16. The first-order chi connectivity index (χ1) is 10.5. The first kappa shape index (κ1) is 16.0. The molecule has 1 saturated carbocycles. The van der Waals surface area contributed by atoms with Gasteiger partial charge in [0.05, 0.1) is 12.0 Å². The highest BCUT2D eigenvalue weighted by Crippen LogP contribution is 2.27. The van der Waals surface area contributed by atoms with E-state index in [1.807, 2.05) is 0 Å². The lowest BCUT2D eigenvalue weighted by Crippen LogP contribution is -2.39. The average Bonchev–Trinajstić information content (AvgIpc) is 2.48. The number of ether oxygens (including phenoxy) is 1. The highest BCUT2D eigenvalue weighted by atomic mass is 16.6. The number of esters is 1. The van der Waals surface area contributed by atoms with E-state index in [1.165, 1.54) is 24.3 Å². The number of carboxylic acids is 1. The Morgan fingerprint density at radius 2 is 1.86 bits per heavy atom. The number of phenols is 1. The molecule has 1 aliphatic rings. The summed E-state index contributed by atoms with van der Waals surface area (Å²) in [7, 11) is 0. The van der Waals surface area contributed by atoms with Gasteiger partial charge in [0, 0.05) is 12.5 Å². The van der Waals surface area contributed by atoms with E-state index in [4.69, 9.17) is 14.9 Å². The van der Waals surface area contributed by atoms with Gasteiger partial charge in [-0.25, -0.2) is 4.79 Å². The van der Waals surface area contributed by atoms with Crippen LogP contribution in [0.2, 0.25) is 0 Å². The molecule has 0 heterocycles. The van der Waals surface area contributed by atoms with Gasteiger partial charge in [0.2, 0.25) is 0 Å². The van der Waals surface area contributed by atoms with Crippen LogP contribution >= 0.6 is 0 Å². The molecule has 1 aromatic carbocycles. The minimum absolute atomic E-state index is 0.120. The van der Waals surface area contributed by atoms with Crippen LogP contribution in [0, 0.1) is 5.92 Å². The highest BCUT2D eigenvalue weighted by Gasteiger charge is 2.34. The number of carboxylic acid groups (broad SMARTS) is 1. The number of hydrogen-bond acceptors (Lipinski definition) is 5. The Morgan fingerprint density at radius 1 is 1.18 bits per heavy atom. The molecule has 118 valence electrons. The Balaban J connectivity index is 1.92. The molecule has 0 saturated heterocycles. The maximum atomic E-state index is 11.8. The summed E-state index contributed by atoms with van der Waals surface area (Å²) >= 11 is 0. The normalized spacial score (nSPS) is 25.0. The monoisotopic (exact) mass is 306 g/mol. The fourth-order valence-electron chi connectivity index (χ4n) is 2.40. The van der Waals surface area contributed by atoms with Crippen molar-refractivity contribution < 1.29 is 29.6 Å². The van der Waals surface area contributed by atoms with Crippen molar-refractivity contribution in [1.29, 1.82) is 0 Å². The zero-order valence-corrected chi connectivity index (χ0v) is 11.9. The minimum Gasteiger partial charge on any atom is -0.508 e. The van der Waals surface area contributed by atoms with Crippen LogP contribution in [-0.4, -0.2) is 39.5 Å². The van der Waals surface area contributed by atoms with E-state index < -0.39 is 30.1 Å². The lowest BCUT2D eigenvalue weighted by atomic mass is 9.85. The lowest BCUT2D eigenvalue weighted by molar-refractivity contribution is -0.159. The van der Waals surface area contributed by atoms with E-state index in [0.29, 0.717) is 18.4 Å². The van der Waals surface area contributed by atoms with Gasteiger partial charge in [-0.2, -0.15) is 0 Å². The van der Waals surface area contributed by atoms with Crippen molar-refractivity contribution in [1.82, 2.24) is 0 Å². The van der Waals surface area contributed by atoms with Gasteiger partial charge in [0.25, 0.3) is 0 Å². The number of phenolic OH excluding ortho intramolecular Hbond substituents is 1. The molecule has 0 radical (unpaired) electrons. The molecule has 22 heavy (non-hydrogen) atoms. The van der Waals surface area contributed by atoms with Crippen LogP contribution in [0.15, 0.2) is 30.3 Å². The van der Waals surface area contributed by atoms with Crippen LogP contribution < -0.4 is 0 Å². The molecule has 6 heteroatoms. The predicted octanol–water partition coefficient (Wildman–Crippen LogP) is 1.56. The van der Waals surface area contributed by atoms with E-state index in [1.54, 1.807) is 12.1 Å². The van der Waals surface area contributed by atoms with Gasteiger partial charge in [0.1, 0.15) is 11.9 Å². The van der Waals surface area contributed by atoms with Crippen molar-refractivity contribution in [3.05, 3.63) is 35.9 Å². The maximum absolute atomic E-state index is 11.8. The predicted molar refractivity (Wildman–Crippen MR) is 78.0 cm³/mol. The number of carbonyl (C=O) groups excluding carboxylic acids is 1. The van der Waals surface area contributed by atoms with E-state index in [0.717, 1.165) is 0 Å². The molecule has 1 aliphatic carbocycles. The zero-order valence-electron chi connectivity index (χ0n) is 11.9. The van der Waals surface area contributed by atoms with Gasteiger partial charge < -0.3 is 20.1 Å². The second-order valence-electron chi connectivity index (χ2n) is 5.32. The summed E-state index contributed by atoms with van der Waals surface area (Å²) in [5.74, 6) is -2.04. The van der Waals surface area contributed by atoms with Gasteiger partial charge in [-0.15, -0.1) is 0 Å². The average molecular weight is 306 g/mol. The smallest absolute Gasteiger partial charge is 0.331 e. The third kappa shape index (κ3) is 4.33. The van der Waals surface area contributed by atoms with Gasteiger partial charge in [-0.1, -0.05) is 12.1 Å². The molecule has 3 N–H and O–H groups in total. The highest BCUT2D eigenvalue weighted by molar-refractivity contribution is 5.87.